The SMILES string of the molecule is COC(c1ccccc1)c1noc(CC(O)C(F)F)n1. The quantitative estimate of drug-likeness (QED) is 0.878. The number of hydrogen-bond acceptors (Lipinski definition) is 5. The fourth-order valence-corrected chi connectivity index (χ4v) is 1.74. The summed E-state index contributed by atoms with van der Waals surface area (Å²) >= 11 is 0. The van der Waals surface area contributed by atoms with Crippen molar-refractivity contribution >= 4 is 0 Å². The van der Waals surface area contributed by atoms with Gasteiger partial charge in [0.2, 0.25) is 11.7 Å². The molecule has 1 heterocycles. The minimum Gasteiger partial charge on any atom is -0.387 e. The molecule has 0 saturated heterocycles. The van der Waals surface area contributed by atoms with Gasteiger partial charge in [-0.3, -0.25) is 0 Å². The molecule has 0 aliphatic heterocycles. The van der Waals surface area contributed by atoms with Crippen LogP contribution in [0.3, 0.4) is 0 Å². The van der Waals surface area contributed by atoms with Crippen molar-refractivity contribution in [2.24, 2.45) is 0 Å². The minimum absolute atomic E-state index is 0.0502. The molecule has 0 aliphatic carbocycles. The summed E-state index contributed by atoms with van der Waals surface area (Å²) in [7, 11) is 1.49. The summed E-state index contributed by atoms with van der Waals surface area (Å²) in [6, 6.07) is 9.19. The summed E-state index contributed by atoms with van der Waals surface area (Å²) in [6.07, 6.45) is -5.60. The highest BCUT2D eigenvalue weighted by Crippen LogP contribution is 2.23. The lowest BCUT2D eigenvalue weighted by atomic mass is 10.1. The standard InChI is InChI=1S/C13H14F2N2O3/c1-19-11(8-5-3-2-4-6-8)13-16-10(20-17-13)7-9(18)12(14)15/h2-6,9,11-12,18H,7H2,1H3. The molecule has 1 aromatic carbocycles. The Balaban J connectivity index is 2.14. The van der Waals surface area contributed by atoms with Crippen LogP contribution in [0, 0.1) is 0 Å². The molecule has 7 heteroatoms. The zero-order valence-corrected chi connectivity index (χ0v) is 10.7. The molecule has 2 aromatic rings. The molecule has 0 radical (unpaired) electrons. The minimum atomic E-state index is -2.85. The van der Waals surface area contributed by atoms with Gasteiger partial charge in [0.15, 0.2) is 0 Å². The molecule has 2 unspecified atom stereocenters. The maximum atomic E-state index is 12.2. The van der Waals surface area contributed by atoms with E-state index in [-0.39, 0.29) is 11.7 Å². The summed E-state index contributed by atoms with van der Waals surface area (Å²) in [4.78, 5) is 3.98. The predicted octanol–water partition coefficient (Wildman–Crippen LogP) is 1.97. The normalized spacial score (nSPS) is 14.4. The van der Waals surface area contributed by atoms with Crippen molar-refractivity contribution < 1.29 is 23.1 Å². The van der Waals surface area contributed by atoms with E-state index in [1.807, 2.05) is 30.3 Å². The Labute approximate surface area is 114 Å². The first kappa shape index (κ1) is 14.5. The Morgan fingerprint density at radius 2 is 2.00 bits per heavy atom. The van der Waals surface area contributed by atoms with Crippen LogP contribution < -0.4 is 0 Å². The number of benzene rings is 1. The lowest BCUT2D eigenvalue weighted by molar-refractivity contribution is -0.00754. The second-order valence-corrected chi connectivity index (χ2v) is 4.18. The second-order valence-electron chi connectivity index (χ2n) is 4.18. The van der Waals surface area contributed by atoms with E-state index in [4.69, 9.17) is 14.4 Å². The third kappa shape index (κ3) is 3.37. The molecular formula is C13H14F2N2O3. The summed E-state index contributed by atoms with van der Waals surface area (Å²) < 4.78 is 34.6. The number of ether oxygens (including phenoxy) is 1. The monoisotopic (exact) mass is 284 g/mol. The van der Waals surface area contributed by atoms with E-state index >= 15 is 0 Å². The Morgan fingerprint density at radius 1 is 1.30 bits per heavy atom. The molecule has 108 valence electrons. The number of nitrogens with zero attached hydrogens (tertiary/aromatic N) is 2. The molecule has 20 heavy (non-hydrogen) atoms. The lowest BCUT2D eigenvalue weighted by Gasteiger charge is -2.10. The van der Waals surface area contributed by atoms with Crippen molar-refractivity contribution in [2.45, 2.75) is 25.1 Å². The largest absolute Gasteiger partial charge is 0.387 e. The fraction of sp³-hybridized carbons (Fsp3) is 0.385. The summed E-state index contributed by atoms with van der Waals surface area (Å²) in [5.41, 5.74) is 0.816. The highest BCUT2D eigenvalue weighted by Gasteiger charge is 2.24. The molecule has 1 N–H and O–H groups in total. The third-order valence-corrected chi connectivity index (χ3v) is 2.73. The van der Waals surface area contributed by atoms with Gasteiger partial charge in [-0.2, -0.15) is 4.98 Å². The van der Waals surface area contributed by atoms with Gasteiger partial charge in [-0.25, -0.2) is 8.78 Å². The van der Waals surface area contributed by atoms with E-state index in [0.717, 1.165) is 5.56 Å². The molecular weight excluding hydrogens is 270 g/mol. The molecule has 1 aromatic heterocycles. The van der Waals surface area contributed by atoms with E-state index < -0.39 is 25.1 Å². The molecule has 0 saturated carbocycles. The molecule has 0 bridgehead atoms. The van der Waals surface area contributed by atoms with Crippen molar-refractivity contribution in [1.29, 1.82) is 0 Å². The van der Waals surface area contributed by atoms with Crippen LogP contribution in [-0.4, -0.2) is 34.9 Å². The van der Waals surface area contributed by atoms with Crippen LogP contribution in [0.5, 0.6) is 0 Å². The number of hydrogen-bond donors (Lipinski definition) is 1. The molecule has 0 fully saturated rings. The van der Waals surface area contributed by atoms with Crippen LogP contribution in [0.1, 0.15) is 23.4 Å². The van der Waals surface area contributed by atoms with Gasteiger partial charge in [-0.1, -0.05) is 35.5 Å². The molecule has 0 aliphatic rings. The van der Waals surface area contributed by atoms with E-state index in [1.165, 1.54) is 7.11 Å². The van der Waals surface area contributed by atoms with E-state index in [9.17, 15) is 8.78 Å². The van der Waals surface area contributed by atoms with Crippen molar-refractivity contribution in [3.05, 3.63) is 47.6 Å². The second kappa shape index (κ2) is 6.53. The van der Waals surface area contributed by atoms with E-state index in [2.05, 4.69) is 10.1 Å². The Bertz CT molecular complexity index is 533. The highest BCUT2D eigenvalue weighted by molar-refractivity contribution is 5.22. The van der Waals surface area contributed by atoms with Gasteiger partial charge < -0.3 is 14.4 Å². The fourth-order valence-electron chi connectivity index (χ4n) is 1.74. The zero-order valence-electron chi connectivity index (χ0n) is 10.7. The number of methoxy groups -OCH3 is 1. The molecule has 0 amide bonds. The van der Waals surface area contributed by atoms with Crippen LogP contribution in [0.15, 0.2) is 34.9 Å². The van der Waals surface area contributed by atoms with Crippen molar-refractivity contribution in [3.63, 3.8) is 0 Å². The molecule has 5 nitrogen and oxygen atoms in total. The van der Waals surface area contributed by atoms with Crippen LogP contribution in [0.4, 0.5) is 8.78 Å². The molecule has 0 spiro atoms. The smallest absolute Gasteiger partial charge is 0.264 e. The highest BCUT2D eigenvalue weighted by atomic mass is 19.3. The Hall–Kier alpha value is -1.86. The lowest BCUT2D eigenvalue weighted by Crippen LogP contribution is -2.20. The number of aliphatic hydroxyl groups is 1. The Morgan fingerprint density at radius 3 is 2.60 bits per heavy atom. The van der Waals surface area contributed by atoms with Crippen LogP contribution >= 0.6 is 0 Å². The topological polar surface area (TPSA) is 68.4 Å². The maximum Gasteiger partial charge on any atom is 0.264 e. The van der Waals surface area contributed by atoms with Crippen molar-refractivity contribution in [2.75, 3.05) is 7.11 Å². The van der Waals surface area contributed by atoms with Crippen LogP contribution in [-0.2, 0) is 11.2 Å². The average Bonchev–Trinajstić information content (AvgIpc) is 2.89. The van der Waals surface area contributed by atoms with Gasteiger partial charge >= 0.3 is 0 Å². The van der Waals surface area contributed by atoms with Gasteiger partial charge in [0.05, 0.1) is 6.42 Å². The average molecular weight is 284 g/mol. The molecule has 2 rings (SSSR count). The number of aromatic nitrogens is 2. The maximum absolute atomic E-state index is 12.2. The summed E-state index contributed by atoms with van der Waals surface area (Å²) in [6.45, 7) is 0. The van der Waals surface area contributed by atoms with Gasteiger partial charge in [0, 0.05) is 7.11 Å². The van der Waals surface area contributed by atoms with Gasteiger partial charge in [-0.05, 0) is 5.56 Å². The van der Waals surface area contributed by atoms with E-state index in [0.29, 0.717) is 0 Å². The first-order valence-electron chi connectivity index (χ1n) is 5.98. The third-order valence-electron chi connectivity index (χ3n) is 2.73. The van der Waals surface area contributed by atoms with Crippen molar-refractivity contribution in [3.8, 4) is 0 Å². The summed E-state index contributed by atoms with van der Waals surface area (Å²) in [5.74, 6) is 0.181. The van der Waals surface area contributed by atoms with Crippen LogP contribution in [0.25, 0.3) is 0 Å². The number of alkyl halides is 2. The number of halogens is 2. The first-order chi connectivity index (χ1) is 9.61. The number of aliphatic hydroxyl groups excluding tert-OH is 1. The number of rotatable bonds is 6. The zero-order chi connectivity index (χ0) is 14.5. The summed E-state index contributed by atoms with van der Waals surface area (Å²) in [5, 5.41) is 12.8. The van der Waals surface area contributed by atoms with Gasteiger partial charge in [0.25, 0.3) is 6.43 Å². The van der Waals surface area contributed by atoms with Gasteiger partial charge in [0.1, 0.15) is 12.2 Å². The van der Waals surface area contributed by atoms with Gasteiger partial charge in [-0.15, -0.1) is 0 Å². The van der Waals surface area contributed by atoms with Crippen LogP contribution in [0.2, 0.25) is 0 Å². The predicted molar refractivity (Wildman–Crippen MR) is 65.3 cm³/mol. The van der Waals surface area contributed by atoms with E-state index in [1.54, 1.807) is 0 Å². The Kier molecular flexibility index (Phi) is 4.75. The van der Waals surface area contributed by atoms with Crippen molar-refractivity contribution in [1.82, 2.24) is 10.1 Å². The molecule has 2 atom stereocenters. The first-order valence-corrected chi connectivity index (χ1v) is 5.98.